The molecule has 4 nitrogen and oxygen atoms in total. The SMILES string of the molecule is COC1(CNc2ccc(C(N)=S)cc2Cl)CCOC1. The predicted octanol–water partition coefficient (Wildman–Crippen LogP) is 2.19. The van der Waals surface area contributed by atoms with Crippen molar-refractivity contribution in [2.45, 2.75) is 12.0 Å². The van der Waals surface area contributed by atoms with Crippen molar-refractivity contribution in [2.24, 2.45) is 5.73 Å². The number of hydrogen-bond acceptors (Lipinski definition) is 4. The second-order valence-electron chi connectivity index (χ2n) is 4.60. The van der Waals surface area contributed by atoms with Crippen LogP contribution in [0.15, 0.2) is 18.2 Å². The average molecular weight is 301 g/mol. The van der Waals surface area contributed by atoms with Crippen molar-refractivity contribution in [1.29, 1.82) is 0 Å². The van der Waals surface area contributed by atoms with Gasteiger partial charge in [0.05, 0.1) is 17.3 Å². The van der Waals surface area contributed by atoms with E-state index < -0.39 is 0 Å². The Hall–Kier alpha value is -0.880. The zero-order valence-corrected chi connectivity index (χ0v) is 12.3. The van der Waals surface area contributed by atoms with E-state index in [0.29, 0.717) is 23.2 Å². The Balaban J connectivity index is 2.05. The van der Waals surface area contributed by atoms with Crippen molar-refractivity contribution < 1.29 is 9.47 Å². The van der Waals surface area contributed by atoms with Crippen LogP contribution in [0.3, 0.4) is 0 Å². The first kappa shape index (κ1) is 14.5. The molecular weight excluding hydrogens is 284 g/mol. The molecule has 19 heavy (non-hydrogen) atoms. The third kappa shape index (κ3) is 3.36. The molecule has 0 saturated carbocycles. The molecule has 1 fully saturated rings. The van der Waals surface area contributed by atoms with E-state index in [-0.39, 0.29) is 5.60 Å². The lowest BCUT2D eigenvalue weighted by Crippen LogP contribution is -2.39. The normalized spacial score (nSPS) is 22.4. The molecule has 0 spiro atoms. The number of halogens is 1. The van der Waals surface area contributed by atoms with E-state index in [1.165, 1.54) is 0 Å². The van der Waals surface area contributed by atoms with Crippen molar-refractivity contribution in [3.63, 3.8) is 0 Å². The molecule has 1 unspecified atom stereocenters. The summed E-state index contributed by atoms with van der Waals surface area (Å²) in [5.74, 6) is 0. The van der Waals surface area contributed by atoms with Crippen molar-refractivity contribution in [2.75, 3.05) is 32.2 Å². The first-order valence-electron chi connectivity index (χ1n) is 6.02. The van der Waals surface area contributed by atoms with Gasteiger partial charge in [-0.25, -0.2) is 0 Å². The van der Waals surface area contributed by atoms with Crippen LogP contribution in [0.1, 0.15) is 12.0 Å². The molecule has 1 aromatic carbocycles. The Kier molecular flexibility index (Phi) is 4.62. The minimum atomic E-state index is -0.273. The number of hydrogen-bond donors (Lipinski definition) is 2. The Morgan fingerprint density at radius 1 is 1.63 bits per heavy atom. The molecule has 1 aromatic rings. The standard InChI is InChI=1S/C13H17ClN2O2S/c1-17-13(4-5-18-8-13)7-16-11-3-2-9(12(15)19)6-10(11)14/h2-3,6,16H,4-5,7-8H2,1H3,(H2,15,19). The fraction of sp³-hybridized carbons (Fsp3) is 0.462. The van der Waals surface area contributed by atoms with Gasteiger partial charge in [-0.15, -0.1) is 0 Å². The number of thiocarbonyl (C=S) groups is 1. The molecular formula is C13H17ClN2O2S. The largest absolute Gasteiger partial charge is 0.389 e. The monoisotopic (exact) mass is 300 g/mol. The summed E-state index contributed by atoms with van der Waals surface area (Å²) in [6.07, 6.45) is 0.874. The maximum absolute atomic E-state index is 6.20. The van der Waals surface area contributed by atoms with Gasteiger partial charge in [-0.2, -0.15) is 0 Å². The van der Waals surface area contributed by atoms with E-state index in [1.807, 2.05) is 12.1 Å². The van der Waals surface area contributed by atoms with Gasteiger partial charge in [0.2, 0.25) is 0 Å². The highest BCUT2D eigenvalue weighted by Gasteiger charge is 2.34. The third-order valence-corrected chi connectivity index (χ3v) is 3.90. The zero-order valence-electron chi connectivity index (χ0n) is 10.7. The van der Waals surface area contributed by atoms with Gasteiger partial charge in [-0.1, -0.05) is 23.8 Å². The highest BCUT2D eigenvalue weighted by Crippen LogP contribution is 2.27. The molecule has 0 radical (unpaired) electrons. The summed E-state index contributed by atoms with van der Waals surface area (Å²) in [5, 5.41) is 3.88. The third-order valence-electron chi connectivity index (χ3n) is 3.35. The number of benzene rings is 1. The maximum Gasteiger partial charge on any atom is 0.110 e. The van der Waals surface area contributed by atoms with Crippen molar-refractivity contribution in [3.8, 4) is 0 Å². The lowest BCUT2D eigenvalue weighted by Gasteiger charge is -2.26. The number of ether oxygens (including phenoxy) is 2. The second kappa shape index (κ2) is 6.05. The molecule has 1 saturated heterocycles. The van der Waals surface area contributed by atoms with Crippen molar-refractivity contribution in [1.82, 2.24) is 0 Å². The number of rotatable bonds is 5. The van der Waals surface area contributed by atoms with Gasteiger partial charge in [0.15, 0.2) is 0 Å². The fourth-order valence-electron chi connectivity index (χ4n) is 2.03. The second-order valence-corrected chi connectivity index (χ2v) is 5.45. The first-order valence-corrected chi connectivity index (χ1v) is 6.81. The molecule has 2 rings (SSSR count). The molecule has 0 bridgehead atoms. The van der Waals surface area contributed by atoms with Gasteiger partial charge in [-0.3, -0.25) is 0 Å². The van der Waals surface area contributed by atoms with E-state index in [4.69, 9.17) is 39.0 Å². The lowest BCUT2D eigenvalue weighted by molar-refractivity contribution is -0.00619. The Labute approximate surface area is 123 Å². The summed E-state index contributed by atoms with van der Waals surface area (Å²) < 4.78 is 10.9. The summed E-state index contributed by atoms with van der Waals surface area (Å²) in [7, 11) is 1.70. The van der Waals surface area contributed by atoms with E-state index in [9.17, 15) is 0 Å². The first-order chi connectivity index (χ1) is 9.06. The Morgan fingerprint density at radius 2 is 2.42 bits per heavy atom. The number of nitrogens with two attached hydrogens (primary N) is 1. The quantitative estimate of drug-likeness (QED) is 0.817. The van der Waals surface area contributed by atoms with Crippen molar-refractivity contribution >= 4 is 34.5 Å². The van der Waals surface area contributed by atoms with Crippen LogP contribution in [0.4, 0.5) is 5.69 Å². The summed E-state index contributed by atoms with van der Waals surface area (Å²) in [5.41, 5.74) is 6.89. The smallest absolute Gasteiger partial charge is 0.110 e. The van der Waals surface area contributed by atoms with Crippen LogP contribution in [-0.4, -0.2) is 37.5 Å². The van der Waals surface area contributed by atoms with Crippen LogP contribution in [0.2, 0.25) is 5.02 Å². The van der Waals surface area contributed by atoms with Crippen molar-refractivity contribution in [3.05, 3.63) is 28.8 Å². The molecule has 6 heteroatoms. The summed E-state index contributed by atoms with van der Waals surface area (Å²) in [6.45, 7) is 1.97. The van der Waals surface area contributed by atoms with E-state index in [2.05, 4.69) is 5.32 Å². The van der Waals surface area contributed by atoms with E-state index in [0.717, 1.165) is 24.3 Å². The van der Waals surface area contributed by atoms with Crippen LogP contribution >= 0.6 is 23.8 Å². The molecule has 0 aromatic heterocycles. The fourth-order valence-corrected chi connectivity index (χ4v) is 2.40. The summed E-state index contributed by atoms with van der Waals surface area (Å²) in [6, 6.07) is 5.48. The molecule has 0 aliphatic carbocycles. The highest BCUT2D eigenvalue weighted by atomic mass is 35.5. The van der Waals surface area contributed by atoms with Crippen LogP contribution < -0.4 is 11.1 Å². The number of nitrogens with one attached hydrogen (secondary N) is 1. The van der Waals surface area contributed by atoms with Gasteiger partial charge < -0.3 is 20.5 Å². The molecule has 1 aliphatic rings. The van der Waals surface area contributed by atoms with Gasteiger partial charge in [0.25, 0.3) is 0 Å². The van der Waals surface area contributed by atoms with Crippen LogP contribution in [0.25, 0.3) is 0 Å². The van der Waals surface area contributed by atoms with Gasteiger partial charge in [0, 0.05) is 32.2 Å². The Bertz CT molecular complexity index is 476. The minimum absolute atomic E-state index is 0.273. The van der Waals surface area contributed by atoms with Crippen LogP contribution in [0, 0.1) is 0 Å². The topological polar surface area (TPSA) is 56.5 Å². The summed E-state index contributed by atoms with van der Waals surface area (Å²) in [4.78, 5) is 0.339. The Morgan fingerprint density at radius 3 is 2.95 bits per heavy atom. The minimum Gasteiger partial charge on any atom is -0.389 e. The summed E-state index contributed by atoms with van der Waals surface area (Å²) >= 11 is 11.1. The van der Waals surface area contributed by atoms with Gasteiger partial charge in [0.1, 0.15) is 10.6 Å². The van der Waals surface area contributed by atoms with E-state index >= 15 is 0 Å². The molecule has 0 amide bonds. The molecule has 1 aliphatic heterocycles. The number of anilines is 1. The molecule has 1 atom stereocenters. The molecule has 1 heterocycles. The predicted molar refractivity (Wildman–Crippen MR) is 81.0 cm³/mol. The molecule has 104 valence electrons. The van der Waals surface area contributed by atoms with E-state index in [1.54, 1.807) is 13.2 Å². The zero-order chi connectivity index (χ0) is 13.9. The lowest BCUT2D eigenvalue weighted by atomic mass is 10.0. The van der Waals surface area contributed by atoms with Crippen LogP contribution in [-0.2, 0) is 9.47 Å². The van der Waals surface area contributed by atoms with Crippen LogP contribution in [0.5, 0.6) is 0 Å². The number of methoxy groups -OCH3 is 1. The maximum atomic E-state index is 6.20. The van der Waals surface area contributed by atoms with Gasteiger partial charge >= 0.3 is 0 Å². The highest BCUT2D eigenvalue weighted by molar-refractivity contribution is 7.80. The average Bonchev–Trinajstić information content (AvgIpc) is 2.86. The van der Waals surface area contributed by atoms with Gasteiger partial charge in [-0.05, 0) is 18.2 Å². The molecule has 3 N–H and O–H groups in total.